The summed E-state index contributed by atoms with van der Waals surface area (Å²) in [4.78, 5) is 33.8. The van der Waals surface area contributed by atoms with Crippen molar-refractivity contribution in [1.29, 1.82) is 0 Å². The van der Waals surface area contributed by atoms with Gasteiger partial charge in [-0.1, -0.05) is 18.2 Å². The van der Waals surface area contributed by atoms with E-state index in [1.165, 1.54) is 0 Å². The van der Waals surface area contributed by atoms with Gasteiger partial charge >= 0.3 is 5.97 Å². The van der Waals surface area contributed by atoms with Crippen molar-refractivity contribution < 1.29 is 19.5 Å². The Balaban J connectivity index is 1.64. The first-order chi connectivity index (χ1) is 9.59. The number of nitrogens with one attached hydrogen (secondary N) is 2. The number of hydrogen-bond acceptors (Lipinski definition) is 3. The number of carboxylic acid groups (broad SMARTS) is 1. The van der Waals surface area contributed by atoms with E-state index in [1.54, 1.807) is 24.3 Å². The van der Waals surface area contributed by atoms with Gasteiger partial charge in [0.25, 0.3) is 5.91 Å². The molecule has 1 aliphatic rings. The maximum atomic E-state index is 11.7. The number of hydrogen-bond donors (Lipinski definition) is 3. The average molecular weight is 276 g/mol. The number of aliphatic carboxylic acids is 1. The molecule has 1 saturated carbocycles. The lowest BCUT2D eigenvalue weighted by molar-refractivity contribution is -0.140. The van der Waals surface area contributed by atoms with Gasteiger partial charge in [-0.05, 0) is 18.6 Å². The van der Waals surface area contributed by atoms with Gasteiger partial charge in [0.15, 0.2) is 0 Å². The molecule has 2 atom stereocenters. The van der Waals surface area contributed by atoms with Crippen LogP contribution in [0.15, 0.2) is 30.3 Å². The number of carbonyl (C=O) groups excluding carboxylic acids is 2. The van der Waals surface area contributed by atoms with E-state index < -0.39 is 17.8 Å². The van der Waals surface area contributed by atoms with Gasteiger partial charge in [-0.2, -0.15) is 0 Å². The third-order valence-corrected chi connectivity index (χ3v) is 3.19. The number of benzene rings is 1. The predicted molar refractivity (Wildman–Crippen MR) is 71.0 cm³/mol. The summed E-state index contributed by atoms with van der Waals surface area (Å²) in [5, 5.41) is 14.0. The summed E-state index contributed by atoms with van der Waals surface area (Å²) in [6.07, 6.45) is 0.400. The van der Waals surface area contributed by atoms with Crippen molar-refractivity contribution in [3.8, 4) is 0 Å². The van der Waals surface area contributed by atoms with Crippen molar-refractivity contribution in [2.24, 2.45) is 11.8 Å². The van der Waals surface area contributed by atoms with Crippen LogP contribution >= 0.6 is 0 Å². The molecule has 106 valence electrons. The first kappa shape index (κ1) is 14.0. The average Bonchev–Trinajstić information content (AvgIpc) is 3.24. The van der Waals surface area contributed by atoms with Crippen LogP contribution in [0.4, 0.5) is 0 Å². The van der Waals surface area contributed by atoms with E-state index in [2.05, 4.69) is 10.6 Å². The van der Waals surface area contributed by atoms with Crippen molar-refractivity contribution in [2.45, 2.75) is 6.42 Å². The van der Waals surface area contributed by atoms with Gasteiger partial charge in [0.05, 0.1) is 11.8 Å². The van der Waals surface area contributed by atoms with E-state index in [9.17, 15) is 14.4 Å². The molecule has 0 bridgehead atoms. The number of amides is 2. The molecule has 2 amide bonds. The highest BCUT2D eigenvalue weighted by Crippen LogP contribution is 2.38. The molecule has 6 heteroatoms. The van der Waals surface area contributed by atoms with Crippen molar-refractivity contribution in [3.63, 3.8) is 0 Å². The van der Waals surface area contributed by atoms with Gasteiger partial charge < -0.3 is 15.7 Å². The fourth-order valence-corrected chi connectivity index (χ4v) is 1.94. The summed E-state index contributed by atoms with van der Waals surface area (Å²) in [6, 6.07) is 8.78. The second-order valence-corrected chi connectivity index (χ2v) is 4.70. The molecule has 0 saturated heterocycles. The highest BCUT2D eigenvalue weighted by Gasteiger charge is 2.48. The molecule has 1 aromatic rings. The highest BCUT2D eigenvalue weighted by molar-refractivity contribution is 5.94. The molecule has 0 radical (unpaired) electrons. The van der Waals surface area contributed by atoms with Gasteiger partial charge in [-0.3, -0.25) is 14.4 Å². The minimum Gasteiger partial charge on any atom is -0.481 e. The zero-order valence-electron chi connectivity index (χ0n) is 10.8. The number of carbonyl (C=O) groups is 3. The zero-order valence-corrected chi connectivity index (χ0v) is 10.8. The van der Waals surface area contributed by atoms with Crippen LogP contribution < -0.4 is 10.6 Å². The molecule has 2 rings (SSSR count). The largest absolute Gasteiger partial charge is 0.481 e. The van der Waals surface area contributed by atoms with Crippen LogP contribution in [0.3, 0.4) is 0 Å². The maximum Gasteiger partial charge on any atom is 0.307 e. The predicted octanol–water partition coefficient (Wildman–Crippen LogP) is 0.253. The number of rotatable bonds is 6. The Bertz CT molecular complexity index is 515. The highest BCUT2D eigenvalue weighted by atomic mass is 16.4. The standard InChI is InChI=1S/C14H16N2O4/c17-12(9-4-2-1-3-5-9)15-6-7-16-13(18)10-8-11(10)14(19)20/h1-5,10-11H,6-8H2,(H,15,17)(H,16,18)(H,19,20). The monoisotopic (exact) mass is 276 g/mol. The Morgan fingerprint density at radius 1 is 1.05 bits per heavy atom. The summed E-state index contributed by atoms with van der Waals surface area (Å²) in [7, 11) is 0. The molecule has 0 aliphatic heterocycles. The van der Waals surface area contributed by atoms with Crippen LogP contribution in [-0.4, -0.2) is 36.0 Å². The molecule has 1 aliphatic carbocycles. The van der Waals surface area contributed by atoms with Gasteiger partial charge in [0.2, 0.25) is 5.91 Å². The molecular weight excluding hydrogens is 260 g/mol. The van der Waals surface area contributed by atoms with E-state index in [-0.39, 0.29) is 11.8 Å². The summed E-state index contributed by atoms with van der Waals surface area (Å²) < 4.78 is 0. The maximum absolute atomic E-state index is 11.7. The zero-order chi connectivity index (χ0) is 14.5. The minimum absolute atomic E-state index is 0.199. The molecule has 20 heavy (non-hydrogen) atoms. The second-order valence-electron chi connectivity index (χ2n) is 4.70. The van der Waals surface area contributed by atoms with Crippen molar-refractivity contribution >= 4 is 17.8 Å². The fraction of sp³-hybridized carbons (Fsp3) is 0.357. The molecule has 1 fully saturated rings. The Kier molecular flexibility index (Phi) is 4.34. The Morgan fingerprint density at radius 3 is 2.30 bits per heavy atom. The Hall–Kier alpha value is -2.37. The van der Waals surface area contributed by atoms with Crippen LogP contribution in [0, 0.1) is 11.8 Å². The molecule has 1 aromatic carbocycles. The van der Waals surface area contributed by atoms with E-state index in [0.29, 0.717) is 25.1 Å². The van der Waals surface area contributed by atoms with E-state index in [4.69, 9.17) is 5.11 Å². The Labute approximate surface area is 116 Å². The van der Waals surface area contributed by atoms with Gasteiger partial charge in [0, 0.05) is 18.7 Å². The summed E-state index contributed by atoms with van der Waals surface area (Å²) in [5.41, 5.74) is 0.562. The lowest BCUT2D eigenvalue weighted by Crippen LogP contribution is -2.35. The molecule has 0 heterocycles. The van der Waals surface area contributed by atoms with E-state index in [0.717, 1.165) is 0 Å². The quantitative estimate of drug-likeness (QED) is 0.649. The van der Waals surface area contributed by atoms with E-state index in [1.807, 2.05) is 6.07 Å². The summed E-state index contributed by atoms with van der Waals surface area (Å²) >= 11 is 0. The fourth-order valence-electron chi connectivity index (χ4n) is 1.94. The topological polar surface area (TPSA) is 95.5 Å². The molecule has 2 unspecified atom stereocenters. The molecule has 0 aromatic heterocycles. The van der Waals surface area contributed by atoms with Crippen molar-refractivity contribution in [1.82, 2.24) is 10.6 Å². The van der Waals surface area contributed by atoms with Crippen LogP contribution in [0.25, 0.3) is 0 Å². The normalized spacial score (nSPS) is 20.0. The second kappa shape index (κ2) is 6.18. The lowest BCUT2D eigenvalue weighted by atomic mass is 10.2. The SMILES string of the molecule is O=C(NCCNC(=O)C1CC1C(=O)O)c1ccccc1. The van der Waals surface area contributed by atoms with Crippen LogP contribution in [-0.2, 0) is 9.59 Å². The van der Waals surface area contributed by atoms with Crippen LogP contribution in [0.2, 0.25) is 0 Å². The third kappa shape index (κ3) is 3.57. The summed E-state index contributed by atoms with van der Waals surface area (Å²) in [5.74, 6) is -2.35. The molecule has 0 spiro atoms. The molecule has 6 nitrogen and oxygen atoms in total. The Morgan fingerprint density at radius 2 is 1.70 bits per heavy atom. The molecule has 3 N–H and O–H groups in total. The van der Waals surface area contributed by atoms with E-state index >= 15 is 0 Å². The summed E-state index contributed by atoms with van der Waals surface area (Å²) in [6.45, 7) is 0.601. The van der Waals surface area contributed by atoms with Crippen molar-refractivity contribution in [2.75, 3.05) is 13.1 Å². The smallest absolute Gasteiger partial charge is 0.307 e. The van der Waals surface area contributed by atoms with Gasteiger partial charge in [-0.25, -0.2) is 0 Å². The first-order valence-corrected chi connectivity index (χ1v) is 6.43. The first-order valence-electron chi connectivity index (χ1n) is 6.43. The number of carboxylic acids is 1. The molecular formula is C14H16N2O4. The van der Waals surface area contributed by atoms with Crippen LogP contribution in [0.5, 0.6) is 0 Å². The van der Waals surface area contributed by atoms with Crippen molar-refractivity contribution in [3.05, 3.63) is 35.9 Å². The van der Waals surface area contributed by atoms with Crippen LogP contribution in [0.1, 0.15) is 16.8 Å². The van der Waals surface area contributed by atoms with Gasteiger partial charge in [0.1, 0.15) is 0 Å². The third-order valence-electron chi connectivity index (χ3n) is 3.19. The minimum atomic E-state index is -0.928. The van der Waals surface area contributed by atoms with Gasteiger partial charge in [-0.15, -0.1) is 0 Å². The lowest BCUT2D eigenvalue weighted by Gasteiger charge is -2.06.